The standard InChI is InChI=1S/C14H13N5S2/c1-9-3-5-20-11(9)7-15-13-17-14(19-18-13)16-8-12-10(2)4-6-21-12/h3-8H,1-2H3,(H,17,18,19)/b15-7-,16-8+. The van der Waals surface area contributed by atoms with Crippen molar-refractivity contribution in [3.8, 4) is 0 Å². The van der Waals surface area contributed by atoms with E-state index in [0.717, 1.165) is 9.75 Å². The number of aromatic amines is 1. The number of rotatable bonds is 4. The maximum Gasteiger partial charge on any atom is 0.269 e. The van der Waals surface area contributed by atoms with Crippen LogP contribution in [0.25, 0.3) is 0 Å². The summed E-state index contributed by atoms with van der Waals surface area (Å²) < 4.78 is 0. The van der Waals surface area contributed by atoms with Crippen LogP contribution in [-0.2, 0) is 0 Å². The maximum absolute atomic E-state index is 4.28. The third-order valence-corrected chi connectivity index (χ3v) is 4.77. The average molecular weight is 315 g/mol. The molecule has 106 valence electrons. The number of nitrogens with one attached hydrogen (secondary N) is 1. The Labute approximate surface area is 130 Å². The Morgan fingerprint density at radius 1 is 1.00 bits per heavy atom. The van der Waals surface area contributed by atoms with Crippen molar-refractivity contribution in [2.45, 2.75) is 13.8 Å². The van der Waals surface area contributed by atoms with Crippen LogP contribution in [0.5, 0.6) is 0 Å². The molecule has 0 saturated carbocycles. The van der Waals surface area contributed by atoms with Crippen LogP contribution in [-0.4, -0.2) is 27.6 Å². The first-order chi connectivity index (χ1) is 10.2. The number of hydrogen-bond donors (Lipinski definition) is 1. The van der Waals surface area contributed by atoms with Gasteiger partial charge in [0.2, 0.25) is 5.95 Å². The molecule has 0 fully saturated rings. The molecule has 0 aromatic carbocycles. The lowest BCUT2D eigenvalue weighted by Gasteiger charge is -1.87. The van der Waals surface area contributed by atoms with Crippen molar-refractivity contribution < 1.29 is 0 Å². The monoisotopic (exact) mass is 315 g/mol. The quantitative estimate of drug-likeness (QED) is 0.738. The molecule has 3 aromatic rings. The fourth-order valence-corrected chi connectivity index (χ4v) is 3.20. The van der Waals surface area contributed by atoms with Gasteiger partial charge in [-0.3, -0.25) is 0 Å². The third-order valence-electron chi connectivity index (χ3n) is 2.87. The predicted molar refractivity (Wildman–Crippen MR) is 89.0 cm³/mol. The minimum absolute atomic E-state index is 0.387. The Bertz CT molecular complexity index is 729. The van der Waals surface area contributed by atoms with E-state index in [0.29, 0.717) is 11.9 Å². The molecular formula is C14H13N5S2. The largest absolute Gasteiger partial charge is 0.269 e. The molecule has 3 heterocycles. The Morgan fingerprint density at radius 3 is 2.19 bits per heavy atom. The molecule has 7 heteroatoms. The Morgan fingerprint density at radius 2 is 1.62 bits per heavy atom. The van der Waals surface area contributed by atoms with E-state index >= 15 is 0 Å². The molecule has 5 nitrogen and oxygen atoms in total. The first-order valence-corrected chi connectivity index (χ1v) is 8.07. The average Bonchev–Trinajstić information content (AvgIpc) is 3.17. The van der Waals surface area contributed by atoms with Gasteiger partial charge in [-0.1, -0.05) is 0 Å². The van der Waals surface area contributed by atoms with Crippen molar-refractivity contribution in [2.75, 3.05) is 0 Å². The van der Waals surface area contributed by atoms with E-state index in [2.05, 4.69) is 51.1 Å². The van der Waals surface area contributed by atoms with Gasteiger partial charge in [0.1, 0.15) is 0 Å². The molecule has 0 amide bonds. The minimum atomic E-state index is 0.387. The summed E-state index contributed by atoms with van der Waals surface area (Å²) in [4.78, 5) is 15.0. The van der Waals surface area contributed by atoms with Gasteiger partial charge in [-0.2, -0.15) is 4.98 Å². The van der Waals surface area contributed by atoms with Crippen molar-refractivity contribution in [1.29, 1.82) is 0 Å². The van der Waals surface area contributed by atoms with E-state index in [9.17, 15) is 0 Å². The predicted octanol–water partition coefficient (Wildman–Crippen LogP) is 4.05. The zero-order valence-electron chi connectivity index (χ0n) is 11.6. The zero-order chi connectivity index (χ0) is 14.7. The van der Waals surface area contributed by atoms with Crippen molar-refractivity contribution in [3.63, 3.8) is 0 Å². The van der Waals surface area contributed by atoms with E-state index < -0.39 is 0 Å². The fourth-order valence-electron chi connectivity index (χ4n) is 1.63. The summed E-state index contributed by atoms with van der Waals surface area (Å²) in [6, 6.07) is 4.12. The summed E-state index contributed by atoms with van der Waals surface area (Å²) >= 11 is 3.29. The number of aliphatic imine (C=N–C) groups is 2. The molecule has 0 unspecified atom stereocenters. The van der Waals surface area contributed by atoms with E-state index in [1.54, 1.807) is 35.1 Å². The normalized spacial score (nSPS) is 11.9. The summed E-state index contributed by atoms with van der Waals surface area (Å²) in [7, 11) is 0. The molecule has 1 N–H and O–H groups in total. The lowest BCUT2D eigenvalue weighted by Crippen LogP contribution is -1.78. The minimum Gasteiger partial charge on any atom is -0.241 e. The number of hydrogen-bond acceptors (Lipinski definition) is 6. The lowest BCUT2D eigenvalue weighted by atomic mass is 10.3. The molecule has 3 rings (SSSR count). The van der Waals surface area contributed by atoms with Crippen LogP contribution < -0.4 is 0 Å². The highest BCUT2D eigenvalue weighted by molar-refractivity contribution is 7.12. The van der Waals surface area contributed by atoms with Gasteiger partial charge in [0, 0.05) is 22.2 Å². The van der Waals surface area contributed by atoms with Gasteiger partial charge >= 0.3 is 0 Å². The first-order valence-electron chi connectivity index (χ1n) is 6.31. The number of aryl methyl sites for hydroxylation is 2. The fraction of sp³-hybridized carbons (Fsp3) is 0.143. The highest BCUT2D eigenvalue weighted by Crippen LogP contribution is 2.16. The number of thiophene rings is 2. The molecule has 0 aliphatic carbocycles. The van der Waals surface area contributed by atoms with E-state index in [4.69, 9.17) is 0 Å². The van der Waals surface area contributed by atoms with Crippen LogP contribution in [0.2, 0.25) is 0 Å². The highest BCUT2D eigenvalue weighted by Gasteiger charge is 2.01. The topological polar surface area (TPSA) is 66.3 Å². The van der Waals surface area contributed by atoms with E-state index in [1.807, 2.05) is 10.8 Å². The van der Waals surface area contributed by atoms with Crippen LogP contribution in [0.3, 0.4) is 0 Å². The van der Waals surface area contributed by atoms with E-state index in [-0.39, 0.29) is 0 Å². The van der Waals surface area contributed by atoms with Crippen LogP contribution in [0.15, 0.2) is 32.9 Å². The highest BCUT2D eigenvalue weighted by atomic mass is 32.1. The molecule has 0 spiro atoms. The SMILES string of the molecule is Cc1ccsc1/C=N\c1n[nH]c(/N=C/c2sccc2C)n1. The van der Waals surface area contributed by atoms with Crippen LogP contribution in [0.1, 0.15) is 20.9 Å². The van der Waals surface area contributed by atoms with Crippen molar-refractivity contribution >= 4 is 47.0 Å². The maximum atomic E-state index is 4.28. The smallest absolute Gasteiger partial charge is 0.241 e. The molecule has 0 aliphatic heterocycles. The third kappa shape index (κ3) is 3.32. The second-order valence-corrected chi connectivity index (χ2v) is 6.31. The van der Waals surface area contributed by atoms with Gasteiger partial charge in [0.15, 0.2) is 0 Å². The Kier molecular flexibility index (Phi) is 4.03. The summed E-state index contributed by atoms with van der Waals surface area (Å²) in [5.41, 5.74) is 2.40. The molecule has 21 heavy (non-hydrogen) atoms. The van der Waals surface area contributed by atoms with Crippen molar-refractivity contribution in [2.24, 2.45) is 9.98 Å². The molecule has 0 aliphatic rings. The molecule has 0 radical (unpaired) electrons. The summed E-state index contributed by atoms with van der Waals surface area (Å²) in [5, 5.41) is 10.9. The lowest BCUT2D eigenvalue weighted by molar-refractivity contribution is 1.08. The van der Waals surface area contributed by atoms with Gasteiger partial charge in [0.25, 0.3) is 5.95 Å². The van der Waals surface area contributed by atoms with Crippen molar-refractivity contribution in [3.05, 3.63) is 43.8 Å². The molecule has 0 atom stereocenters. The Balaban J connectivity index is 1.72. The van der Waals surface area contributed by atoms with Crippen LogP contribution in [0, 0.1) is 13.8 Å². The molecule has 0 bridgehead atoms. The van der Waals surface area contributed by atoms with Crippen LogP contribution in [0.4, 0.5) is 11.9 Å². The van der Waals surface area contributed by atoms with E-state index in [1.165, 1.54) is 11.1 Å². The van der Waals surface area contributed by atoms with Gasteiger partial charge < -0.3 is 0 Å². The molecular weight excluding hydrogens is 302 g/mol. The second-order valence-electron chi connectivity index (χ2n) is 4.41. The van der Waals surface area contributed by atoms with Crippen molar-refractivity contribution in [1.82, 2.24) is 15.2 Å². The molecule has 0 saturated heterocycles. The zero-order valence-corrected chi connectivity index (χ0v) is 13.2. The summed E-state index contributed by atoms with van der Waals surface area (Å²) in [6.45, 7) is 4.10. The van der Waals surface area contributed by atoms with Crippen LogP contribution >= 0.6 is 22.7 Å². The summed E-state index contributed by atoms with van der Waals surface area (Å²) in [6.07, 6.45) is 3.57. The molecule has 3 aromatic heterocycles. The Hall–Kier alpha value is -2.12. The number of H-pyrrole nitrogens is 1. The number of aromatic nitrogens is 3. The van der Waals surface area contributed by atoms with Gasteiger partial charge in [-0.25, -0.2) is 15.1 Å². The summed E-state index contributed by atoms with van der Waals surface area (Å²) in [5.74, 6) is 0.843. The number of nitrogens with zero attached hydrogens (tertiary/aromatic N) is 4. The second kappa shape index (κ2) is 6.11. The van der Waals surface area contributed by atoms with Gasteiger partial charge in [-0.15, -0.1) is 27.8 Å². The van der Waals surface area contributed by atoms with Gasteiger partial charge in [0.05, 0.1) is 0 Å². The first kappa shape index (κ1) is 13.8. The van der Waals surface area contributed by atoms with Gasteiger partial charge in [-0.05, 0) is 47.9 Å².